The minimum Gasteiger partial charge on any atom is -0.465 e. The third-order valence-electron chi connectivity index (χ3n) is 6.03. The molecule has 0 radical (unpaired) electrons. The molecule has 1 N–H and O–H groups in total. The lowest BCUT2D eigenvalue weighted by atomic mass is 9.95. The second-order valence-electron chi connectivity index (χ2n) is 8.06. The highest BCUT2D eigenvalue weighted by molar-refractivity contribution is 7.17. The molecule has 7 heteroatoms. The van der Waals surface area contributed by atoms with Crippen molar-refractivity contribution in [2.24, 2.45) is 5.92 Å². The molecule has 2 aromatic rings. The Morgan fingerprint density at radius 3 is 2.83 bits per heavy atom. The molecule has 0 saturated carbocycles. The summed E-state index contributed by atoms with van der Waals surface area (Å²) < 4.78 is 5.02. The van der Waals surface area contributed by atoms with Gasteiger partial charge in [-0.05, 0) is 62.3 Å². The molecule has 160 valence electrons. The lowest BCUT2D eigenvalue weighted by Gasteiger charge is -2.32. The monoisotopic (exact) mass is 446 g/mol. The van der Waals surface area contributed by atoms with Crippen LogP contribution in [0.4, 0.5) is 5.00 Å². The number of carbonyl (C=O) groups is 2. The van der Waals surface area contributed by atoms with Crippen LogP contribution in [0.1, 0.15) is 52.0 Å². The van der Waals surface area contributed by atoms with E-state index >= 15 is 0 Å². The number of esters is 1. The van der Waals surface area contributed by atoms with Gasteiger partial charge in [-0.1, -0.05) is 29.8 Å². The number of amides is 1. The van der Waals surface area contributed by atoms with Crippen molar-refractivity contribution in [3.8, 4) is 0 Å². The van der Waals surface area contributed by atoms with E-state index in [4.69, 9.17) is 16.3 Å². The van der Waals surface area contributed by atoms with Crippen LogP contribution in [0, 0.1) is 5.92 Å². The molecule has 0 bridgehead atoms. The number of benzene rings is 1. The molecule has 2 heterocycles. The number of aryl methyl sites for hydroxylation is 1. The zero-order valence-corrected chi connectivity index (χ0v) is 18.8. The molecule has 1 aromatic carbocycles. The molecule has 30 heavy (non-hydrogen) atoms. The Balaban J connectivity index is 1.47. The molecule has 1 atom stereocenters. The van der Waals surface area contributed by atoms with Gasteiger partial charge in [0.25, 0.3) is 0 Å². The molecular weight excluding hydrogens is 420 g/mol. The Morgan fingerprint density at radius 2 is 2.03 bits per heavy atom. The number of nitrogens with one attached hydrogen (secondary N) is 1. The summed E-state index contributed by atoms with van der Waals surface area (Å²) in [6.07, 6.45) is 5.86. The van der Waals surface area contributed by atoms with E-state index in [0.29, 0.717) is 17.1 Å². The first kappa shape index (κ1) is 21.3. The largest absolute Gasteiger partial charge is 0.465 e. The lowest BCUT2D eigenvalue weighted by Crippen LogP contribution is -2.40. The van der Waals surface area contributed by atoms with E-state index in [0.717, 1.165) is 67.8 Å². The van der Waals surface area contributed by atoms with Gasteiger partial charge in [-0.3, -0.25) is 9.69 Å². The van der Waals surface area contributed by atoms with Crippen LogP contribution in [0.3, 0.4) is 0 Å². The number of ether oxygens (including phenoxy) is 1. The van der Waals surface area contributed by atoms with E-state index in [9.17, 15) is 9.59 Å². The lowest BCUT2D eigenvalue weighted by molar-refractivity contribution is -0.121. The third-order valence-corrected chi connectivity index (χ3v) is 7.60. The summed E-state index contributed by atoms with van der Waals surface area (Å²) in [6.45, 7) is 2.38. The molecule has 5 nitrogen and oxygen atoms in total. The van der Waals surface area contributed by atoms with Crippen molar-refractivity contribution in [2.75, 3.05) is 25.5 Å². The number of fused-ring (bicyclic) bond motifs is 1. The normalized spacial score (nSPS) is 19.2. The van der Waals surface area contributed by atoms with Crippen molar-refractivity contribution in [3.63, 3.8) is 0 Å². The predicted molar refractivity (Wildman–Crippen MR) is 120 cm³/mol. The van der Waals surface area contributed by atoms with Gasteiger partial charge < -0.3 is 10.1 Å². The molecule has 1 fully saturated rings. The van der Waals surface area contributed by atoms with Gasteiger partial charge >= 0.3 is 5.97 Å². The number of piperidine rings is 1. The molecule has 0 unspecified atom stereocenters. The minimum atomic E-state index is -0.353. The van der Waals surface area contributed by atoms with Crippen LogP contribution in [0.2, 0.25) is 5.02 Å². The van der Waals surface area contributed by atoms with Crippen LogP contribution in [0.15, 0.2) is 24.3 Å². The van der Waals surface area contributed by atoms with Gasteiger partial charge in [0.1, 0.15) is 5.00 Å². The minimum absolute atomic E-state index is 0.0115. The highest BCUT2D eigenvalue weighted by Gasteiger charge is 2.30. The van der Waals surface area contributed by atoms with Crippen LogP contribution >= 0.6 is 22.9 Å². The van der Waals surface area contributed by atoms with Crippen molar-refractivity contribution in [1.29, 1.82) is 0 Å². The quantitative estimate of drug-likeness (QED) is 0.662. The van der Waals surface area contributed by atoms with E-state index in [1.807, 2.05) is 24.3 Å². The number of hydrogen-bond donors (Lipinski definition) is 1. The fourth-order valence-electron chi connectivity index (χ4n) is 4.47. The van der Waals surface area contributed by atoms with Crippen molar-refractivity contribution in [3.05, 3.63) is 50.9 Å². The molecule has 0 spiro atoms. The van der Waals surface area contributed by atoms with Gasteiger partial charge in [0.05, 0.1) is 18.6 Å². The van der Waals surface area contributed by atoms with Crippen LogP contribution in [-0.2, 0) is 28.9 Å². The van der Waals surface area contributed by atoms with Crippen LogP contribution in [0.5, 0.6) is 0 Å². The fourth-order valence-corrected chi connectivity index (χ4v) is 5.94. The van der Waals surface area contributed by atoms with Gasteiger partial charge in [-0.2, -0.15) is 0 Å². The molecule has 1 aliphatic carbocycles. The third kappa shape index (κ3) is 4.56. The second-order valence-corrected chi connectivity index (χ2v) is 9.57. The van der Waals surface area contributed by atoms with E-state index in [2.05, 4.69) is 10.2 Å². The number of hydrogen-bond acceptors (Lipinski definition) is 5. The predicted octanol–water partition coefficient (Wildman–Crippen LogP) is 4.92. The molecule has 2 aliphatic rings. The number of nitrogens with zero attached hydrogens (tertiary/aromatic N) is 1. The molecule has 1 saturated heterocycles. The average molecular weight is 447 g/mol. The van der Waals surface area contributed by atoms with E-state index in [-0.39, 0.29) is 17.8 Å². The number of likely N-dealkylation sites (tertiary alicyclic amines) is 1. The standard InChI is InChI=1S/C23H27ClN2O3S/c1-29-23(28)20-17-9-3-5-11-19(17)30-22(20)25-21(27)16-8-6-12-26(14-16)13-15-7-2-4-10-18(15)24/h2,4,7,10,16H,3,5-6,8-9,11-14H2,1H3,(H,25,27)/t16-/m1/s1. The van der Waals surface area contributed by atoms with Gasteiger partial charge in [0.15, 0.2) is 0 Å². The summed E-state index contributed by atoms with van der Waals surface area (Å²) >= 11 is 7.85. The van der Waals surface area contributed by atoms with Crippen molar-refractivity contribution in [2.45, 2.75) is 45.1 Å². The number of methoxy groups -OCH3 is 1. The Hall–Kier alpha value is -1.89. The van der Waals surface area contributed by atoms with Crippen molar-refractivity contribution in [1.82, 2.24) is 4.90 Å². The molecule has 1 aromatic heterocycles. The highest BCUT2D eigenvalue weighted by Crippen LogP contribution is 2.39. The van der Waals surface area contributed by atoms with Crippen LogP contribution < -0.4 is 5.32 Å². The smallest absolute Gasteiger partial charge is 0.341 e. The zero-order valence-electron chi connectivity index (χ0n) is 17.2. The molecule has 4 rings (SSSR count). The van der Waals surface area contributed by atoms with Gasteiger partial charge in [-0.15, -0.1) is 11.3 Å². The summed E-state index contributed by atoms with van der Waals surface area (Å²) in [7, 11) is 1.40. The number of anilines is 1. The summed E-state index contributed by atoms with van der Waals surface area (Å²) in [5.74, 6) is -0.470. The van der Waals surface area contributed by atoms with E-state index in [1.54, 1.807) is 0 Å². The van der Waals surface area contributed by atoms with E-state index in [1.165, 1.54) is 23.3 Å². The van der Waals surface area contributed by atoms with Gasteiger partial charge in [-0.25, -0.2) is 4.79 Å². The maximum Gasteiger partial charge on any atom is 0.341 e. The van der Waals surface area contributed by atoms with Crippen LogP contribution in [0.25, 0.3) is 0 Å². The van der Waals surface area contributed by atoms with Gasteiger partial charge in [0.2, 0.25) is 5.91 Å². The summed E-state index contributed by atoms with van der Waals surface area (Å²) in [6, 6.07) is 7.85. The number of halogens is 1. The molecule has 1 amide bonds. The number of carbonyl (C=O) groups excluding carboxylic acids is 2. The first-order valence-electron chi connectivity index (χ1n) is 10.6. The zero-order chi connectivity index (χ0) is 21.1. The Morgan fingerprint density at radius 1 is 1.23 bits per heavy atom. The van der Waals surface area contributed by atoms with Gasteiger partial charge in [0, 0.05) is 23.0 Å². The first-order valence-corrected chi connectivity index (χ1v) is 11.8. The summed E-state index contributed by atoms with van der Waals surface area (Å²) in [4.78, 5) is 29.0. The van der Waals surface area contributed by atoms with Crippen LogP contribution in [-0.4, -0.2) is 37.0 Å². The Bertz CT molecular complexity index is 943. The number of rotatable bonds is 5. The molecular formula is C23H27ClN2O3S. The maximum atomic E-state index is 13.1. The average Bonchev–Trinajstić information content (AvgIpc) is 3.13. The maximum absolute atomic E-state index is 13.1. The Labute approximate surface area is 186 Å². The van der Waals surface area contributed by atoms with Crippen molar-refractivity contribution >= 4 is 39.8 Å². The SMILES string of the molecule is COC(=O)c1c(NC(=O)[C@@H]2CCCN(Cc3ccccc3Cl)C2)sc2c1CCCC2. The highest BCUT2D eigenvalue weighted by atomic mass is 35.5. The first-order chi connectivity index (χ1) is 14.6. The molecule has 1 aliphatic heterocycles. The Kier molecular flexibility index (Phi) is 6.76. The topological polar surface area (TPSA) is 58.6 Å². The fraction of sp³-hybridized carbons (Fsp3) is 0.478. The summed E-state index contributed by atoms with van der Waals surface area (Å²) in [5, 5.41) is 4.49. The second kappa shape index (κ2) is 9.50. The number of thiophene rings is 1. The summed E-state index contributed by atoms with van der Waals surface area (Å²) in [5.41, 5.74) is 2.71. The van der Waals surface area contributed by atoms with E-state index < -0.39 is 0 Å². The van der Waals surface area contributed by atoms with Crippen molar-refractivity contribution < 1.29 is 14.3 Å².